The van der Waals surface area contributed by atoms with Crippen molar-refractivity contribution in [1.82, 2.24) is 14.6 Å². The molecule has 0 aliphatic heterocycles. The monoisotopic (exact) mass is 192 g/mol. The molecule has 0 unspecified atom stereocenters. The Morgan fingerprint density at radius 3 is 3.07 bits per heavy atom. The zero-order chi connectivity index (χ0) is 10.1. The van der Waals surface area contributed by atoms with E-state index in [9.17, 15) is 4.79 Å². The lowest BCUT2D eigenvalue weighted by molar-refractivity contribution is 0.847. The van der Waals surface area contributed by atoms with Gasteiger partial charge in [-0.2, -0.15) is 0 Å². The van der Waals surface area contributed by atoms with Gasteiger partial charge in [-0.05, 0) is 13.5 Å². The Morgan fingerprint density at radius 2 is 2.36 bits per heavy atom. The molecule has 2 heterocycles. The van der Waals surface area contributed by atoms with Gasteiger partial charge in [0, 0.05) is 29.9 Å². The topological polar surface area (TPSA) is 76.2 Å². The molecule has 5 nitrogen and oxygen atoms in total. The van der Waals surface area contributed by atoms with Crippen molar-refractivity contribution in [2.75, 3.05) is 6.54 Å². The van der Waals surface area contributed by atoms with E-state index in [1.165, 1.54) is 10.6 Å². The van der Waals surface area contributed by atoms with Crippen LogP contribution >= 0.6 is 0 Å². The van der Waals surface area contributed by atoms with E-state index in [1.54, 1.807) is 0 Å². The fraction of sp³-hybridized carbons (Fsp3) is 0.333. The van der Waals surface area contributed by atoms with Gasteiger partial charge in [0.25, 0.3) is 5.56 Å². The number of aromatic amines is 1. The van der Waals surface area contributed by atoms with Crippen molar-refractivity contribution in [3.05, 3.63) is 33.9 Å². The van der Waals surface area contributed by atoms with E-state index in [-0.39, 0.29) is 5.56 Å². The maximum atomic E-state index is 11.5. The minimum absolute atomic E-state index is 0.0912. The zero-order valence-electron chi connectivity index (χ0n) is 7.95. The second kappa shape index (κ2) is 3.26. The summed E-state index contributed by atoms with van der Waals surface area (Å²) in [5, 5.41) is 2.91. The summed E-state index contributed by atoms with van der Waals surface area (Å²) in [6.07, 6.45) is 0.635. The smallest absolute Gasteiger partial charge is 0.272 e. The van der Waals surface area contributed by atoms with Crippen molar-refractivity contribution >= 4 is 5.65 Å². The first-order valence-corrected chi connectivity index (χ1v) is 4.49. The Balaban J connectivity index is 2.65. The molecule has 14 heavy (non-hydrogen) atoms. The molecule has 3 N–H and O–H groups in total. The van der Waals surface area contributed by atoms with Crippen molar-refractivity contribution in [2.24, 2.45) is 5.73 Å². The van der Waals surface area contributed by atoms with Crippen LogP contribution in [0.2, 0.25) is 0 Å². The number of aryl methyl sites for hydroxylation is 1. The molecule has 0 amide bonds. The molecule has 0 aromatic carbocycles. The van der Waals surface area contributed by atoms with Crippen LogP contribution in [0.4, 0.5) is 0 Å². The number of hydrogen-bond acceptors (Lipinski definition) is 3. The van der Waals surface area contributed by atoms with Crippen LogP contribution in [-0.4, -0.2) is 21.1 Å². The van der Waals surface area contributed by atoms with Crippen molar-refractivity contribution in [3.63, 3.8) is 0 Å². The summed E-state index contributed by atoms with van der Waals surface area (Å²) in [5.41, 5.74) is 7.63. The van der Waals surface area contributed by atoms with E-state index in [4.69, 9.17) is 5.73 Å². The van der Waals surface area contributed by atoms with Gasteiger partial charge < -0.3 is 5.73 Å². The molecular formula is C9H12N4O. The molecule has 0 bridgehead atoms. The van der Waals surface area contributed by atoms with E-state index in [0.29, 0.717) is 18.6 Å². The third-order valence-electron chi connectivity index (χ3n) is 2.03. The van der Waals surface area contributed by atoms with Crippen LogP contribution in [-0.2, 0) is 6.42 Å². The maximum absolute atomic E-state index is 11.5. The van der Waals surface area contributed by atoms with Gasteiger partial charge in [0.15, 0.2) is 5.65 Å². The average molecular weight is 192 g/mol. The van der Waals surface area contributed by atoms with Gasteiger partial charge in [-0.1, -0.05) is 0 Å². The second-order valence-corrected chi connectivity index (χ2v) is 3.26. The summed E-state index contributed by atoms with van der Waals surface area (Å²) in [4.78, 5) is 15.8. The fourth-order valence-electron chi connectivity index (χ4n) is 1.44. The summed E-state index contributed by atoms with van der Waals surface area (Å²) in [5.74, 6) is 0. The molecule has 2 aromatic rings. The van der Waals surface area contributed by atoms with E-state index in [2.05, 4.69) is 10.1 Å². The predicted molar refractivity (Wildman–Crippen MR) is 53.3 cm³/mol. The summed E-state index contributed by atoms with van der Waals surface area (Å²) >= 11 is 0. The van der Waals surface area contributed by atoms with Crippen LogP contribution in [0.3, 0.4) is 0 Å². The number of hydrogen-bond donors (Lipinski definition) is 2. The highest BCUT2D eigenvalue weighted by Crippen LogP contribution is 2.01. The molecule has 0 aliphatic carbocycles. The van der Waals surface area contributed by atoms with Gasteiger partial charge in [0.1, 0.15) is 0 Å². The van der Waals surface area contributed by atoms with Crippen molar-refractivity contribution in [3.8, 4) is 0 Å². The second-order valence-electron chi connectivity index (χ2n) is 3.26. The molecule has 0 saturated carbocycles. The lowest BCUT2D eigenvalue weighted by Crippen LogP contribution is -2.17. The van der Waals surface area contributed by atoms with E-state index in [0.717, 1.165) is 11.4 Å². The summed E-state index contributed by atoms with van der Waals surface area (Å²) in [6.45, 7) is 2.39. The molecule has 0 aliphatic rings. The zero-order valence-corrected chi connectivity index (χ0v) is 7.95. The molecular weight excluding hydrogens is 180 g/mol. The first-order chi connectivity index (χ1) is 6.70. The van der Waals surface area contributed by atoms with Crippen molar-refractivity contribution in [1.29, 1.82) is 0 Å². The normalized spacial score (nSPS) is 11.0. The largest absolute Gasteiger partial charge is 0.330 e. The van der Waals surface area contributed by atoms with E-state index < -0.39 is 0 Å². The summed E-state index contributed by atoms with van der Waals surface area (Å²) < 4.78 is 1.43. The van der Waals surface area contributed by atoms with Crippen LogP contribution < -0.4 is 11.3 Å². The standard InChI is InChI=1S/C9H12N4O/c1-6-4-8-11-7(2-3-10)5-9(14)13(8)12-6/h4-5,12H,2-3,10H2,1H3. The summed E-state index contributed by atoms with van der Waals surface area (Å²) in [6, 6.07) is 3.34. The number of nitrogens with zero attached hydrogens (tertiary/aromatic N) is 2. The first kappa shape index (κ1) is 8.96. The van der Waals surface area contributed by atoms with Crippen LogP contribution in [0.1, 0.15) is 11.4 Å². The lowest BCUT2D eigenvalue weighted by atomic mass is 10.3. The molecule has 2 aromatic heterocycles. The average Bonchev–Trinajstić information content (AvgIpc) is 2.47. The highest BCUT2D eigenvalue weighted by atomic mass is 16.1. The highest BCUT2D eigenvalue weighted by molar-refractivity contribution is 5.39. The first-order valence-electron chi connectivity index (χ1n) is 4.49. The van der Waals surface area contributed by atoms with Crippen molar-refractivity contribution in [2.45, 2.75) is 13.3 Å². The Kier molecular flexibility index (Phi) is 2.09. The van der Waals surface area contributed by atoms with E-state index in [1.807, 2.05) is 13.0 Å². The van der Waals surface area contributed by atoms with Gasteiger partial charge in [0.2, 0.25) is 0 Å². The fourth-order valence-corrected chi connectivity index (χ4v) is 1.44. The minimum Gasteiger partial charge on any atom is -0.330 e. The molecule has 0 radical (unpaired) electrons. The highest BCUT2D eigenvalue weighted by Gasteiger charge is 2.03. The SMILES string of the molecule is Cc1cc2nc(CCN)cc(=O)n2[nH]1. The molecule has 74 valence electrons. The number of nitrogens with one attached hydrogen (secondary N) is 1. The molecule has 5 heteroatoms. The third-order valence-corrected chi connectivity index (χ3v) is 2.03. The quantitative estimate of drug-likeness (QED) is 0.693. The van der Waals surface area contributed by atoms with Crippen LogP contribution in [0.5, 0.6) is 0 Å². The number of rotatable bonds is 2. The van der Waals surface area contributed by atoms with Gasteiger partial charge in [0.05, 0.1) is 0 Å². The Hall–Kier alpha value is -1.62. The van der Waals surface area contributed by atoms with Crippen LogP contribution in [0.15, 0.2) is 16.9 Å². The molecule has 2 rings (SSSR count). The van der Waals surface area contributed by atoms with Crippen LogP contribution in [0.25, 0.3) is 5.65 Å². The number of H-pyrrole nitrogens is 1. The summed E-state index contributed by atoms with van der Waals surface area (Å²) in [7, 11) is 0. The number of aromatic nitrogens is 3. The molecule has 0 atom stereocenters. The predicted octanol–water partition coefficient (Wildman–Crippen LogP) is -0.168. The van der Waals surface area contributed by atoms with Gasteiger partial charge in [-0.15, -0.1) is 0 Å². The van der Waals surface area contributed by atoms with Gasteiger partial charge in [-0.3, -0.25) is 9.89 Å². The Morgan fingerprint density at radius 1 is 1.57 bits per heavy atom. The Labute approximate surface area is 80.6 Å². The Bertz CT molecular complexity index is 511. The van der Waals surface area contributed by atoms with E-state index >= 15 is 0 Å². The molecule has 0 spiro atoms. The lowest BCUT2D eigenvalue weighted by Gasteiger charge is -1.97. The maximum Gasteiger partial charge on any atom is 0.272 e. The minimum atomic E-state index is -0.0912. The molecule has 0 saturated heterocycles. The number of nitrogens with two attached hydrogens (primary N) is 1. The number of fused-ring (bicyclic) bond motifs is 1. The van der Waals surface area contributed by atoms with Gasteiger partial charge in [-0.25, -0.2) is 9.50 Å². The van der Waals surface area contributed by atoms with Gasteiger partial charge >= 0.3 is 0 Å². The molecule has 0 fully saturated rings. The van der Waals surface area contributed by atoms with Crippen LogP contribution in [0, 0.1) is 6.92 Å². The van der Waals surface area contributed by atoms with Crippen molar-refractivity contribution < 1.29 is 0 Å². The third kappa shape index (κ3) is 1.42.